The van der Waals surface area contributed by atoms with Crippen molar-refractivity contribution < 1.29 is 23.6 Å². The number of nitro groups is 1. The monoisotopic (exact) mass is 413 g/mol. The average molecular weight is 414 g/mol. The zero-order valence-electron chi connectivity index (χ0n) is 14.6. The maximum atomic E-state index is 12.2. The van der Waals surface area contributed by atoms with Gasteiger partial charge in [-0.25, -0.2) is 5.43 Å². The highest BCUT2D eigenvalue weighted by Gasteiger charge is 2.16. The van der Waals surface area contributed by atoms with Gasteiger partial charge in [-0.05, 0) is 36.4 Å². The summed E-state index contributed by atoms with van der Waals surface area (Å²) >= 11 is 6.11. The number of carbonyl (C=O) groups excluding carboxylic acids is 1. The molecular weight excluding hydrogens is 402 g/mol. The Balaban J connectivity index is 1.45. The van der Waals surface area contributed by atoms with Crippen LogP contribution in [0.25, 0.3) is 11.3 Å². The third kappa shape index (κ3) is 3.90. The molecular formula is C19H12ClN3O6. The Morgan fingerprint density at radius 2 is 1.97 bits per heavy atom. The first-order chi connectivity index (χ1) is 14.0. The van der Waals surface area contributed by atoms with Crippen LogP contribution in [0.1, 0.15) is 16.1 Å². The Labute approximate surface area is 168 Å². The van der Waals surface area contributed by atoms with Crippen molar-refractivity contribution >= 4 is 29.4 Å². The first-order valence-corrected chi connectivity index (χ1v) is 8.66. The van der Waals surface area contributed by atoms with E-state index in [4.69, 9.17) is 25.5 Å². The topological polar surface area (TPSA) is 116 Å². The van der Waals surface area contributed by atoms with Crippen molar-refractivity contribution in [3.63, 3.8) is 0 Å². The number of hydrogen-bond acceptors (Lipinski definition) is 7. The highest BCUT2D eigenvalue weighted by Crippen LogP contribution is 2.33. The smallest absolute Gasteiger partial charge is 0.271 e. The summed E-state index contributed by atoms with van der Waals surface area (Å²) in [5.74, 6) is 1.29. The van der Waals surface area contributed by atoms with Gasteiger partial charge in [-0.3, -0.25) is 14.9 Å². The lowest BCUT2D eigenvalue weighted by atomic mass is 10.1. The molecule has 2 heterocycles. The van der Waals surface area contributed by atoms with Gasteiger partial charge in [0.2, 0.25) is 6.79 Å². The van der Waals surface area contributed by atoms with E-state index < -0.39 is 10.8 Å². The molecule has 9 nitrogen and oxygen atoms in total. The fourth-order valence-corrected chi connectivity index (χ4v) is 2.85. The van der Waals surface area contributed by atoms with E-state index in [1.54, 1.807) is 30.3 Å². The molecule has 1 aliphatic rings. The molecule has 1 amide bonds. The van der Waals surface area contributed by atoms with Crippen LogP contribution in [-0.4, -0.2) is 23.8 Å². The number of fused-ring (bicyclic) bond motifs is 1. The molecule has 146 valence electrons. The lowest BCUT2D eigenvalue weighted by molar-refractivity contribution is -0.384. The molecule has 0 fully saturated rings. The lowest BCUT2D eigenvalue weighted by Crippen LogP contribution is -2.17. The van der Waals surface area contributed by atoms with E-state index in [1.807, 2.05) is 0 Å². The van der Waals surface area contributed by atoms with E-state index in [0.717, 1.165) is 0 Å². The van der Waals surface area contributed by atoms with Gasteiger partial charge in [0.15, 0.2) is 11.5 Å². The molecule has 2 aromatic carbocycles. The van der Waals surface area contributed by atoms with Crippen molar-refractivity contribution in [3.05, 3.63) is 75.0 Å². The Bertz CT molecular complexity index is 1140. The van der Waals surface area contributed by atoms with Crippen molar-refractivity contribution in [2.45, 2.75) is 0 Å². The predicted molar refractivity (Wildman–Crippen MR) is 103 cm³/mol. The van der Waals surface area contributed by atoms with Crippen LogP contribution in [0.4, 0.5) is 5.69 Å². The van der Waals surface area contributed by atoms with Gasteiger partial charge in [0.25, 0.3) is 11.6 Å². The normalized spacial score (nSPS) is 12.3. The molecule has 1 aromatic heterocycles. The highest BCUT2D eigenvalue weighted by atomic mass is 35.5. The molecule has 0 aliphatic carbocycles. The highest BCUT2D eigenvalue weighted by molar-refractivity contribution is 6.33. The molecule has 3 aromatic rings. The number of benzene rings is 2. The maximum absolute atomic E-state index is 12.2. The Hall–Kier alpha value is -3.85. The Morgan fingerprint density at radius 1 is 1.14 bits per heavy atom. The third-order valence-electron chi connectivity index (χ3n) is 4.05. The van der Waals surface area contributed by atoms with E-state index in [1.165, 1.54) is 24.4 Å². The van der Waals surface area contributed by atoms with Crippen molar-refractivity contribution in [3.8, 4) is 22.8 Å². The van der Waals surface area contributed by atoms with Gasteiger partial charge in [0.05, 0.1) is 16.2 Å². The van der Waals surface area contributed by atoms with Crippen LogP contribution >= 0.6 is 11.6 Å². The molecule has 10 heteroatoms. The molecule has 29 heavy (non-hydrogen) atoms. The summed E-state index contributed by atoms with van der Waals surface area (Å²) in [4.78, 5) is 22.6. The van der Waals surface area contributed by atoms with Gasteiger partial charge < -0.3 is 13.9 Å². The van der Waals surface area contributed by atoms with Gasteiger partial charge in [0, 0.05) is 23.3 Å². The third-order valence-corrected chi connectivity index (χ3v) is 4.38. The van der Waals surface area contributed by atoms with Crippen molar-refractivity contribution in [1.29, 1.82) is 0 Å². The first-order valence-electron chi connectivity index (χ1n) is 8.28. The van der Waals surface area contributed by atoms with Gasteiger partial charge >= 0.3 is 0 Å². The quantitative estimate of drug-likeness (QED) is 0.384. The van der Waals surface area contributed by atoms with Crippen LogP contribution in [0, 0.1) is 10.1 Å². The second kappa shape index (κ2) is 7.64. The van der Waals surface area contributed by atoms with E-state index in [0.29, 0.717) is 39.2 Å². The molecule has 0 unspecified atom stereocenters. The predicted octanol–water partition coefficient (Wildman–Crippen LogP) is 4.00. The largest absolute Gasteiger partial charge is 0.455 e. The summed E-state index contributed by atoms with van der Waals surface area (Å²) < 4.78 is 16.0. The second-order valence-corrected chi connectivity index (χ2v) is 6.30. The van der Waals surface area contributed by atoms with E-state index in [-0.39, 0.29) is 12.5 Å². The number of halogens is 1. The summed E-state index contributed by atoms with van der Waals surface area (Å²) in [7, 11) is 0. The fraction of sp³-hybridized carbons (Fsp3) is 0.0526. The minimum absolute atomic E-state index is 0.105. The molecule has 4 rings (SSSR count). The Morgan fingerprint density at radius 3 is 2.79 bits per heavy atom. The van der Waals surface area contributed by atoms with Crippen LogP contribution in [-0.2, 0) is 0 Å². The molecule has 0 spiro atoms. The molecule has 0 saturated carbocycles. The molecule has 1 N–H and O–H groups in total. The minimum Gasteiger partial charge on any atom is -0.455 e. The fourth-order valence-electron chi connectivity index (χ4n) is 2.64. The van der Waals surface area contributed by atoms with Crippen molar-refractivity contribution in [2.24, 2.45) is 5.10 Å². The maximum Gasteiger partial charge on any atom is 0.271 e. The number of non-ortho nitro benzene ring substituents is 1. The van der Waals surface area contributed by atoms with Crippen LogP contribution in [0.5, 0.6) is 11.5 Å². The number of hydrogen-bond donors (Lipinski definition) is 1. The number of rotatable bonds is 5. The second-order valence-electron chi connectivity index (χ2n) is 5.89. The number of amides is 1. The van der Waals surface area contributed by atoms with Crippen molar-refractivity contribution in [1.82, 2.24) is 5.43 Å². The molecule has 1 aliphatic heterocycles. The van der Waals surface area contributed by atoms with Crippen LogP contribution in [0.2, 0.25) is 5.02 Å². The number of carbonyl (C=O) groups is 1. The zero-order valence-corrected chi connectivity index (χ0v) is 15.4. The molecule has 0 radical (unpaired) electrons. The molecule has 0 saturated heterocycles. The summed E-state index contributed by atoms with van der Waals surface area (Å²) in [6, 6.07) is 12.1. The van der Waals surface area contributed by atoms with E-state index >= 15 is 0 Å². The average Bonchev–Trinajstić information content (AvgIpc) is 3.36. The van der Waals surface area contributed by atoms with Gasteiger partial charge in [-0.1, -0.05) is 11.6 Å². The van der Waals surface area contributed by atoms with Crippen molar-refractivity contribution in [2.75, 3.05) is 6.79 Å². The minimum atomic E-state index is -0.517. The summed E-state index contributed by atoms with van der Waals surface area (Å²) in [5.41, 5.74) is 3.01. The number of ether oxygens (including phenoxy) is 2. The van der Waals surface area contributed by atoms with E-state index in [2.05, 4.69) is 10.5 Å². The van der Waals surface area contributed by atoms with Gasteiger partial charge in [-0.15, -0.1) is 0 Å². The Kier molecular flexibility index (Phi) is 4.88. The van der Waals surface area contributed by atoms with E-state index in [9.17, 15) is 14.9 Å². The SMILES string of the molecule is O=C(N/N=C\c1ccc(-c2cc([N+](=O)[O-])ccc2Cl)o1)c1ccc2c(c1)OCO2. The standard InChI is InChI=1S/C19H12ClN3O6/c20-15-4-2-12(23(25)26)8-14(15)16-6-3-13(29-16)9-21-22-19(24)11-1-5-17-18(7-11)28-10-27-17/h1-9H,10H2,(H,22,24)/b21-9-. The number of nitrogens with zero attached hydrogens (tertiary/aromatic N) is 2. The van der Waals surface area contributed by atoms with Crippen LogP contribution < -0.4 is 14.9 Å². The molecule has 0 bridgehead atoms. The zero-order chi connectivity index (χ0) is 20.4. The number of furan rings is 1. The molecule has 0 atom stereocenters. The number of nitro benzene ring substituents is 1. The first kappa shape index (κ1) is 18.5. The lowest BCUT2D eigenvalue weighted by Gasteiger charge is -2.01. The summed E-state index contributed by atoms with van der Waals surface area (Å²) in [6.07, 6.45) is 1.31. The summed E-state index contributed by atoms with van der Waals surface area (Å²) in [6.45, 7) is 0.119. The van der Waals surface area contributed by atoms with Crippen LogP contribution in [0.3, 0.4) is 0 Å². The number of nitrogens with one attached hydrogen (secondary N) is 1. The van der Waals surface area contributed by atoms with Crippen LogP contribution in [0.15, 0.2) is 58.0 Å². The van der Waals surface area contributed by atoms with Gasteiger partial charge in [-0.2, -0.15) is 5.10 Å². The van der Waals surface area contributed by atoms with Gasteiger partial charge in [0.1, 0.15) is 11.5 Å². The number of hydrazone groups is 1. The summed E-state index contributed by atoms with van der Waals surface area (Å²) in [5, 5.41) is 15.1.